The van der Waals surface area contributed by atoms with Gasteiger partial charge in [0.2, 0.25) is 0 Å². The molecular formula is C23H20Br4O6. The van der Waals surface area contributed by atoms with Crippen LogP contribution in [0.3, 0.4) is 0 Å². The first-order valence-electron chi connectivity index (χ1n) is 9.55. The Labute approximate surface area is 225 Å². The van der Waals surface area contributed by atoms with Crippen molar-refractivity contribution in [2.75, 3.05) is 26.4 Å². The molecule has 176 valence electrons. The van der Waals surface area contributed by atoms with Gasteiger partial charge in [0.05, 0.1) is 17.9 Å². The fraction of sp³-hybridized carbons (Fsp3) is 0.217. The summed E-state index contributed by atoms with van der Waals surface area (Å²) in [5, 5.41) is 0. The zero-order chi connectivity index (χ0) is 24.4. The molecular weight excluding hydrogens is 692 g/mol. The number of carbonyl (C=O) groups excluding carboxylic acids is 2. The molecule has 33 heavy (non-hydrogen) atoms. The molecule has 0 aliphatic carbocycles. The maximum atomic E-state index is 11.1. The second-order valence-corrected chi connectivity index (χ2v) is 9.81. The fourth-order valence-electron chi connectivity index (χ4n) is 2.63. The summed E-state index contributed by atoms with van der Waals surface area (Å²) in [5.41, 5.74) is 2.09. The second-order valence-electron chi connectivity index (χ2n) is 6.39. The summed E-state index contributed by atoms with van der Waals surface area (Å²) in [6.45, 7) is 7.37. The first-order valence-corrected chi connectivity index (χ1v) is 12.7. The molecule has 10 heteroatoms. The summed E-state index contributed by atoms with van der Waals surface area (Å²) < 4.78 is 24.4. The SMILES string of the molecule is C=CC(=O)OCCOc1c(Br)cc(Cc2cc(Br)c(OCCOC(=O)C=C)c(Br)c2)cc1Br. The number of halogens is 4. The predicted molar refractivity (Wildman–Crippen MR) is 140 cm³/mol. The Morgan fingerprint density at radius 1 is 0.667 bits per heavy atom. The molecule has 2 aromatic carbocycles. The molecule has 0 atom stereocenters. The molecule has 0 saturated carbocycles. The summed E-state index contributed by atoms with van der Waals surface area (Å²) in [5.74, 6) is 0.266. The monoisotopic (exact) mass is 708 g/mol. The normalized spacial score (nSPS) is 10.3. The average Bonchev–Trinajstić information content (AvgIpc) is 2.76. The summed E-state index contributed by atoms with van der Waals surface area (Å²) in [6.07, 6.45) is 2.87. The van der Waals surface area contributed by atoms with Gasteiger partial charge in [0.1, 0.15) is 37.9 Å². The Bertz CT molecular complexity index is 910. The second kappa shape index (κ2) is 13.9. The van der Waals surface area contributed by atoms with E-state index >= 15 is 0 Å². The number of ether oxygens (including phenoxy) is 4. The summed E-state index contributed by atoms with van der Waals surface area (Å²) >= 11 is 14.2. The van der Waals surface area contributed by atoms with E-state index in [2.05, 4.69) is 76.9 Å². The van der Waals surface area contributed by atoms with Crippen molar-refractivity contribution >= 4 is 75.7 Å². The van der Waals surface area contributed by atoms with Crippen LogP contribution in [0.5, 0.6) is 11.5 Å². The molecule has 2 rings (SSSR count). The highest BCUT2D eigenvalue weighted by Gasteiger charge is 2.13. The summed E-state index contributed by atoms with van der Waals surface area (Å²) in [6, 6.07) is 7.87. The van der Waals surface area contributed by atoms with Crippen LogP contribution in [0.25, 0.3) is 0 Å². The molecule has 6 nitrogen and oxygen atoms in total. The van der Waals surface area contributed by atoms with Gasteiger partial charge in [0.15, 0.2) is 0 Å². The molecule has 0 aliphatic rings. The van der Waals surface area contributed by atoms with Crippen LogP contribution in [-0.4, -0.2) is 38.4 Å². The maximum absolute atomic E-state index is 11.1. The van der Waals surface area contributed by atoms with E-state index < -0.39 is 11.9 Å². The van der Waals surface area contributed by atoms with Crippen LogP contribution in [-0.2, 0) is 25.5 Å². The minimum absolute atomic E-state index is 0.124. The Kier molecular flexibility index (Phi) is 11.7. The quantitative estimate of drug-likeness (QED) is 0.142. The van der Waals surface area contributed by atoms with Crippen LogP contribution in [0.1, 0.15) is 11.1 Å². The van der Waals surface area contributed by atoms with E-state index in [0.29, 0.717) is 17.9 Å². The Morgan fingerprint density at radius 2 is 1.00 bits per heavy atom. The lowest BCUT2D eigenvalue weighted by Gasteiger charge is -2.14. The van der Waals surface area contributed by atoms with E-state index in [-0.39, 0.29) is 26.4 Å². The third-order valence-electron chi connectivity index (χ3n) is 4.01. The van der Waals surface area contributed by atoms with E-state index in [4.69, 9.17) is 18.9 Å². The van der Waals surface area contributed by atoms with Crippen molar-refractivity contribution in [3.63, 3.8) is 0 Å². The number of rotatable bonds is 12. The van der Waals surface area contributed by atoms with Gasteiger partial charge >= 0.3 is 11.9 Å². The van der Waals surface area contributed by atoms with Gasteiger partial charge in [-0.05, 0) is 106 Å². The topological polar surface area (TPSA) is 71.1 Å². The van der Waals surface area contributed by atoms with Crippen molar-refractivity contribution in [3.8, 4) is 11.5 Å². The zero-order valence-electron chi connectivity index (χ0n) is 17.4. The molecule has 0 aromatic heterocycles. The molecule has 0 fully saturated rings. The van der Waals surface area contributed by atoms with Crippen LogP contribution in [0.2, 0.25) is 0 Å². The highest BCUT2D eigenvalue weighted by molar-refractivity contribution is 9.11. The largest absolute Gasteiger partial charge is 0.488 e. The van der Waals surface area contributed by atoms with E-state index in [0.717, 1.165) is 41.2 Å². The third-order valence-corrected chi connectivity index (χ3v) is 6.36. The smallest absolute Gasteiger partial charge is 0.330 e. The van der Waals surface area contributed by atoms with Crippen molar-refractivity contribution in [1.29, 1.82) is 0 Å². The molecule has 0 spiro atoms. The molecule has 2 aromatic rings. The van der Waals surface area contributed by atoms with E-state index in [9.17, 15) is 9.59 Å². The van der Waals surface area contributed by atoms with Crippen molar-refractivity contribution < 1.29 is 28.5 Å². The van der Waals surface area contributed by atoms with Crippen molar-refractivity contribution in [2.45, 2.75) is 6.42 Å². The van der Waals surface area contributed by atoms with Crippen LogP contribution >= 0.6 is 63.7 Å². The number of hydrogen-bond acceptors (Lipinski definition) is 6. The number of esters is 2. The van der Waals surface area contributed by atoms with Crippen LogP contribution in [0.15, 0.2) is 67.5 Å². The van der Waals surface area contributed by atoms with Gasteiger partial charge in [-0.1, -0.05) is 13.2 Å². The first-order chi connectivity index (χ1) is 15.7. The highest BCUT2D eigenvalue weighted by atomic mass is 79.9. The minimum Gasteiger partial charge on any atom is -0.488 e. The van der Waals surface area contributed by atoms with Gasteiger partial charge in [-0.2, -0.15) is 0 Å². The molecule has 0 radical (unpaired) electrons. The van der Waals surface area contributed by atoms with Crippen molar-refractivity contribution in [1.82, 2.24) is 0 Å². The van der Waals surface area contributed by atoms with Gasteiger partial charge in [0.25, 0.3) is 0 Å². The summed E-state index contributed by atoms with van der Waals surface area (Å²) in [4.78, 5) is 22.2. The lowest BCUT2D eigenvalue weighted by molar-refractivity contribution is -0.139. The highest BCUT2D eigenvalue weighted by Crippen LogP contribution is 2.38. The zero-order valence-corrected chi connectivity index (χ0v) is 23.7. The lowest BCUT2D eigenvalue weighted by Crippen LogP contribution is -2.11. The van der Waals surface area contributed by atoms with Gasteiger partial charge < -0.3 is 18.9 Å². The third kappa shape index (κ3) is 8.92. The molecule has 0 amide bonds. The Hall–Kier alpha value is -1.62. The first kappa shape index (κ1) is 27.6. The Balaban J connectivity index is 2.02. The van der Waals surface area contributed by atoms with Gasteiger partial charge in [-0.15, -0.1) is 0 Å². The average molecular weight is 712 g/mol. The molecule has 0 saturated heterocycles. The summed E-state index contributed by atoms with van der Waals surface area (Å²) in [7, 11) is 0. The number of benzene rings is 2. The Morgan fingerprint density at radius 3 is 1.30 bits per heavy atom. The van der Waals surface area contributed by atoms with Gasteiger partial charge in [0, 0.05) is 12.2 Å². The molecule has 0 N–H and O–H groups in total. The van der Waals surface area contributed by atoms with Crippen LogP contribution in [0.4, 0.5) is 0 Å². The van der Waals surface area contributed by atoms with Gasteiger partial charge in [-0.3, -0.25) is 0 Å². The minimum atomic E-state index is -0.489. The molecule has 0 bridgehead atoms. The van der Waals surface area contributed by atoms with Gasteiger partial charge in [-0.25, -0.2) is 9.59 Å². The van der Waals surface area contributed by atoms with Crippen molar-refractivity contribution in [2.24, 2.45) is 0 Å². The standard InChI is InChI=1S/C23H20Br4O6/c1-3-20(28)30-5-7-32-22-16(24)10-14(11-17(22)25)9-15-12-18(26)23(19(27)13-15)33-8-6-31-21(29)4-2/h3-4,10-13H,1-2,5-9H2. The maximum Gasteiger partial charge on any atom is 0.330 e. The fourth-order valence-corrected chi connectivity index (χ4v) is 5.65. The van der Waals surface area contributed by atoms with Crippen LogP contribution < -0.4 is 9.47 Å². The van der Waals surface area contributed by atoms with Crippen molar-refractivity contribution in [3.05, 3.63) is 78.6 Å². The van der Waals surface area contributed by atoms with Crippen LogP contribution in [0, 0.1) is 0 Å². The van der Waals surface area contributed by atoms with E-state index in [1.54, 1.807) is 0 Å². The molecule has 0 heterocycles. The van der Waals surface area contributed by atoms with E-state index in [1.165, 1.54) is 0 Å². The predicted octanol–water partition coefficient (Wildman–Crippen LogP) is 6.54. The number of carbonyl (C=O) groups is 2. The van der Waals surface area contributed by atoms with E-state index in [1.807, 2.05) is 24.3 Å². The number of hydrogen-bond donors (Lipinski definition) is 0. The lowest BCUT2D eigenvalue weighted by atomic mass is 10.0. The molecule has 0 aliphatic heterocycles. The molecule has 0 unspecified atom stereocenters.